The molecule has 20 heavy (non-hydrogen) atoms. The van der Waals surface area contributed by atoms with Crippen LogP contribution in [0.1, 0.15) is 29.6 Å². The molecule has 0 bridgehead atoms. The molecule has 0 saturated carbocycles. The number of fused-ring (bicyclic) bond motifs is 1. The van der Waals surface area contributed by atoms with Gasteiger partial charge in [0, 0.05) is 29.2 Å². The van der Waals surface area contributed by atoms with Crippen molar-refractivity contribution in [3.05, 3.63) is 36.0 Å². The summed E-state index contributed by atoms with van der Waals surface area (Å²) >= 11 is 0. The molecule has 1 atom stereocenters. The van der Waals surface area contributed by atoms with Gasteiger partial charge in [-0.05, 0) is 56.5 Å². The Morgan fingerprint density at radius 1 is 1.35 bits per heavy atom. The highest BCUT2D eigenvalue weighted by Crippen LogP contribution is 2.17. The molecular weight excluding hydrogens is 250 g/mol. The van der Waals surface area contributed by atoms with Crippen molar-refractivity contribution in [1.82, 2.24) is 15.6 Å². The summed E-state index contributed by atoms with van der Waals surface area (Å²) in [5.41, 5.74) is 1.76. The normalized spacial score (nSPS) is 19.1. The van der Waals surface area contributed by atoms with Crippen LogP contribution >= 0.6 is 0 Å². The predicted molar refractivity (Wildman–Crippen MR) is 80.8 cm³/mol. The molecule has 0 spiro atoms. The zero-order valence-corrected chi connectivity index (χ0v) is 11.6. The van der Waals surface area contributed by atoms with Crippen LogP contribution in [0.5, 0.6) is 0 Å². The van der Waals surface area contributed by atoms with Crippen LogP contribution in [0.2, 0.25) is 0 Å². The van der Waals surface area contributed by atoms with Crippen LogP contribution in [0.4, 0.5) is 0 Å². The number of piperidine rings is 1. The molecule has 4 nitrogen and oxygen atoms in total. The van der Waals surface area contributed by atoms with E-state index in [0.29, 0.717) is 5.92 Å². The highest BCUT2D eigenvalue weighted by molar-refractivity contribution is 6.06. The van der Waals surface area contributed by atoms with Crippen molar-refractivity contribution in [2.45, 2.75) is 19.3 Å². The van der Waals surface area contributed by atoms with Gasteiger partial charge in [-0.25, -0.2) is 0 Å². The number of rotatable bonds is 4. The number of benzene rings is 1. The van der Waals surface area contributed by atoms with E-state index in [4.69, 9.17) is 0 Å². The van der Waals surface area contributed by atoms with Gasteiger partial charge < -0.3 is 15.6 Å². The Morgan fingerprint density at radius 2 is 2.30 bits per heavy atom. The number of amides is 1. The van der Waals surface area contributed by atoms with E-state index in [9.17, 15) is 4.79 Å². The van der Waals surface area contributed by atoms with E-state index in [0.717, 1.165) is 42.5 Å². The molecular formula is C16H21N3O. The predicted octanol–water partition coefficient (Wildman–Crippen LogP) is 2.29. The Hall–Kier alpha value is -1.81. The van der Waals surface area contributed by atoms with E-state index in [2.05, 4.69) is 15.6 Å². The molecule has 1 aliphatic heterocycles. The van der Waals surface area contributed by atoms with E-state index >= 15 is 0 Å². The summed E-state index contributed by atoms with van der Waals surface area (Å²) in [4.78, 5) is 15.4. The summed E-state index contributed by atoms with van der Waals surface area (Å²) in [6, 6.07) is 7.74. The van der Waals surface area contributed by atoms with E-state index in [1.807, 2.05) is 30.5 Å². The quantitative estimate of drug-likeness (QED) is 0.799. The highest BCUT2D eigenvalue weighted by atomic mass is 16.1. The number of hydrogen-bond acceptors (Lipinski definition) is 2. The SMILES string of the molecule is O=C(NCCC1CCCNC1)c1cccc2[nH]ccc12. The number of aromatic nitrogens is 1. The van der Waals surface area contributed by atoms with E-state index in [1.165, 1.54) is 12.8 Å². The van der Waals surface area contributed by atoms with Gasteiger partial charge in [-0.15, -0.1) is 0 Å². The van der Waals surface area contributed by atoms with Gasteiger partial charge in [0.05, 0.1) is 0 Å². The van der Waals surface area contributed by atoms with Crippen molar-refractivity contribution in [3.63, 3.8) is 0 Å². The maximum Gasteiger partial charge on any atom is 0.251 e. The lowest BCUT2D eigenvalue weighted by Gasteiger charge is -2.22. The van der Waals surface area contributed by atoms with Gasteiger partial charge in [0.25, 0.3) is 5.91 Å². The third-order valence-electron chi connectivity index (χ3n) is 4.08. The third kappa shape index (κ3) is 2.85. The molecule has 106 valence electrons. The lowest BCUT2D eigenvalue weighted by Crippen LogP contribution is -2.33. The van der Waals surface area contributed by atoms with Crippen LogP contribution in [-0.4, -0.2) is 30.5 Å². The van der Waals surface area contributed by atoms with Crippen LogP contribution in [0, 0.1) is 5.92 Å². The monoisotopic (exact) mass is 271 g/mol. The molecule has 0 aliphatic carbocycles. The minimum Gasteiger partial charge on any atom is -0.361 e. The average Bonchev–Trinajstić information content (AvgIpc) is 2.96. The second-order valence-electron chi connectivity index (χ2n) is 5.50. The lowest BCUT2D eigenvalue weighted by atomic mass is 9.96. The number of nitrogens with one attached hydrogen (secondary N) is 3. The smallest absolute Gasteiger partial charge is 0.251 e. The molecule has 3 N–H and O–H groups in total. The van der Waals surface area contributed by atoms with Crippen LogP contribution in [0.25, 0.3) is 10.9 Å². The van der Waals surface area contributed by atoms with Crippen molar-refractivity contribution in [1.29, 1.82) is 0 Å². The molecule has 1 fully saturated rings. The number of carbonyl (C=O) groups excluding carboxylic acids is 1. The summed E-state index contributed by atoms with van der Waals surface area (Å²) in [6.07, 6.45) is 5.45. The molecule has 1 saturated heterocycles. The Kier molecular flexibility index (Phi) is 4.02. The average molecular weight is 271 g/mol. The molecule has 2 aromatic rings. The van der Waals surface area contributed by atoms with Gasteiger partial charge in [-0.1, -0.05) is 6.07 Å². The van der Waals surface area contributed by atoms with Crippen LogP contribution in [0.3, 0.4) is 0 Å². The Balaban J connectivity index is 1.57. The lowest BCUT2D eigenvalue weighted by molar-refractivity contribution is 0.0952. The van der Waals surface area contributed by atoms with Crippen LogP contribution in [0.15, 0.2) is 30.5 Å². The second kappa shape index (κ2) is 6.09. The molecule has 2 heterocycles. The summed E-state index contributed by atoms with van der Waals surface area (Å²) in [7, 11) is 0. The molecule has 1 aromatic heterocycles. The molecule has 4 heteroatoms. The molecule has 1 amide bonds. The van der Waals surface area contributed by atoms with E-state index < -0.39 is 0 Å². The Labute approximate surface area is 118 Å². The fourth-order valence-corrected chi connectivity index (χ4v) is 2.94. The molecule has 1 aliphatic rings. The minimum absolute atomic E-state index is 0.0268. The zero-order valence-electron chi connectivity index (χ0n) is 11.6. The Bertz CT molecular complexity index is 584. The van der Waals surface area contributed by atoms with Gasteiger partial charge in [-0.3, -0.25) is 4.79 Å². The van der Waals surface area contributed by atoms with Crippen LogP contribution in [-0.2, 0) is 0 Å². The number of carbonyl (C=O) groups is 1. The van der Waals surface area contributed by atoms with Gasteiger partial charge in [0.15, 0.2) is 0 Å². The first kappa shape index (κ1) is 13.2. The molecule has 1 unspecified atom stereocenters. The topological polar surface area (TPSA) is 56.9 Å². The van der Waals surface area contributed by atoms with Crippen molar-refractivity contribution in [2.75, 3.05) is 19.6 Å². The maximum absolute atomic E-state index is 12.3. The minimum atomic E-state index is 0.0268. The maximum atomic E-state index is 12.3. The molecule has 3 rings (SSSR count). The van der Waals surface area contributed by atoms with E-state index in [1.54, 1.807) is 0 Å². The fraction of sp³-hybridized carbons (Fsp3) is 0.438. The molecule has 1 aromatic carbocycles. The van der Waals surface area contributed by atoms with Crippen molar-refractivity contribution >= 4 is 16.8 Å². The summed E-state index contributed by atoms with van der Waals surface area (Å²) in [6.45, 7) is 2.98. The van der Waals surface area contributed by atoms with Gasteiger partial charge >= 0.3 is 0 Å². The standard InChI is InChI=1S/C16H21N3O/c20-16(19-9-6-12-3-2-8-17-11-12)14-4-1-5-15-13(14)7-10-18-15/h1,4-5,7,10,12,17-18H,2-3,6,8-9,11H2,(H,19,20). The first-order valence-corrected chi connectivity index (χ1v) is 7.39. The number of H-pyrrole nitrogens is 1. The number of hydrogen-bond donors (Lipinski definition) is 3. The first-order chi connectivity index (χ1) is 9.84. The van der Waals surface area contributed by atoms with Crippen molar-refractivity contribution in [2.24, 2.45) is 5.92 Å². The highest BCUT2D eigenvalue weighted by Gasteiger charge is 2.14. The van der Waals surface area contributed by atoms with Gasteiger partial charge in [0.2, 0.25) is 0 Å². The van der Waals surface area contributed by atoms with Gasteiger partial charge in [-0.2, -0.15) is 0 Å². The van der Waals surface area contributed by atoms with Crippen molar-refractivity contribution in [3.8, 4) is 0 Å². The first-order valence-electron chi connectivity index (χ1n) is 7.39. The molecule has 0 radical (unpaired) electrons. The summed E-state index contributed by atoms with van der Waals surface area (Å²) in [5, 5.41) is 7.45. The Morgan fingerprint density at radius 3 is 3.15 bits per heavy atom. The fourth-order valence-electron chi connectivity index (χ4n) is 2.94. The summed E-state index contributed by atoms with van der Waals surface area (Å²) < 4.78 is 0. The largest absolute Gasteiger partial charge is 0.361 e. The van der Waals surface area contributed by atoms with Gasteiger partial charge in [0.1, 0.15) is 0 Å². The number of aromatic amines is 1. The second-order valence-corrected chi connectivity index (χ2v) is 5.50. The third-order valence-corrected chi connectivity index (χ3v) is 4.08. The van der Waals surface area contributed by atoms with Crippen LogP contribution < -0.4 is 10.6 Å². The van der Waals surface area contributed by atoms with E-state index in [-0.39, 0.29) is 5.91 Å². The zero-order chi connectivity index (χ0) is 13.8. The van der Waals surface area contributed by atoms with Crippen molar-refractivity contribution < 1.29 is 4.79 Å². The summed E-state index contributed by atoms with van der Waals surface area (Å²) in [5.74, 6) is 0.728.